The van der Waals surface area contributed by atoms with Gasteiger partial charge in [-0.25, -0.2) is 23.6 Å². The van der Waals surface area contributed by atoms with E-state index in [2.05, 4.69) is 24.2 Å². The molecular weight excluding hydrogens is 429 g/mol. The van der Waals surface area contributed by atoms with Crippen LogP contribution in [0.1, 0.15) is 37.5 Å². The Morgan fingerprint density at radius 2 is 2.00 bits per heavy atom. The van der Waals surface area contributed by atoms with E-state index < -0.39 is 16.8 Å². The average Bonchev–Trinajstić information content (AvgIpc) is 3.49. The van der Waals surface area contributed by atoms with Gasteiger partial charge in [-0.15, -0.1) is 0 Å². The van der Waals surface area contributed by atoms with Crippen molar-refractivity contribution in [2.75, 3.05) is 10.5 Å². The van der Waals surface area contributed by atoms with Gasteiger partial charge < -0.3 is 14.9 Å². The summed E-state index contributed by atoms with van der Waals surface area (Å²) >= 11 is 0. The van der Waals surface area contributed by atoms with E-state index in [9.17, 15) is 4.21 Å². The lowest BCUT2D eigenvalue weighted by Crippen LogP contribution is -2.06. The van der Waals surface area contributed by atoms with Crippen LogP contribution in [0.4, 0.5) is 15.9 Å². The molecule has 1 fully saturated rings. The summed E-state index contributed by atoms with van der Waals surface area (Å²) in [6, 6.07) is 5.14. The summed E-state index contributed by atoms with van der Waals surface area (Å²) in [6.07, 6.45) is 9.67. The predicted molar refractivity (Wildman–Crippen MR) is 123 cm³/mol. The van der Waals surface area contributed by atoms with E-state index in [4.69, 9.17) is 5.73 Å². The van der Waals surface area contributed by atoms with Crippen molar-refractivity contribution in [2.24, 2.45) is 7.05 Å². The van der Waals surface area contributed by atoms with Crippen molar-refractivity contribution in [1.82, 2.24) is 24.1 Å². The molecule has 0 amide bonds. The van der Waals surface area contributed by atoms with Gasteiger partial charge in [0.1, 0.15) is 29.4 Å². The van der Waals surface area contributed by atoms with Crippen molar-refractivity contribution in [2.45, 2.75) is 43.7 Å². The number of aromatic nitrogens is 5. The minimum absolute atomic E-state index is 0.138. The maximum absolute atomic E-state index is 15.0. The number of nitrogens with zero attached hydrogens (tertiary/aromatic N) is 5. The van der Waals surface area contributed by atoms with E-state index in [0.29, 0.717) is 22.4 Å². The number of nitrogens with one attached hydrogen (secondary N) is 1. The van der Waals surface area contributed by atoms with Gasteiger partial charge in [0.05, 0.1) is 11.1 Å². The average molecular weight is 454 g/mol. The van der Waals surface area contributed by atoms with Crippen LogP contribution in [0.2, 0.25) is 0 Å². The minimum Gasteiger partial charge on any atom is -0.383 e. The number of anilines is 2. The molecule has 0 saturated heterocycles. The topological polar surface area (TPSA) is 104 Å². The van der Waals surface area contributed by atoms with Crippen molar-refractivity contribution in [3.63, 3.8) is 0 Å². The zero-order chi connectivity index (χ0) is 22.4. The molecule has 1 atom stereocenters. The van der Waals surface area contributed by atoms with Crippen molar-refractivity contribution < 1.29 is 8.60 Å². The first-order valence-electron chi connectivity index (χ1n) is 10.5. The van der Waals surface area contributed by atoms with Gasteiger partial charge in [0, 0.05) is 31.0 Å². The number of fused-ring (bicyclic) bond motifs is 1. The summed E-state index contributed by atoms with van der Waals surface area (Å²) in [5, 5.41) is 1.07. The van der Waals surface area contributed by atoms with Crippen LogP contribution in [0.5, 0.6) is 0 Å². The van der Waals surface area contributed by atoms with E-state index in [-0.39, 0.29) is 5.69 Å². The van der Waals surface area contributed by atoms with Gasteiger partial charge in [-0.2, -0.15) is 0 Å². The SMILES string of the molecule is Cc1nc(S(=O)Nc2ccc(-c3cn(C4CCCC4)c4ncnc(N)c34)cc2F)cn1C. The second kappa shape index (κ2) is 8.01. The van der Waals surface area contributed by atoms with Crippen LogP contribution >= 0.6 is 0 Å². The Kier molecular flexibility index (Phi) is 5.16. The molecule has 8 nitrogen and oxygen atoms in total. The first-order chi connectivity index (χ1) is 15.4. The number of hydrogen-bond donors (Lipinski definition) is 2. The lowest BCUT2D eigenvalue weighted by atomic mass is 10.1. The zero-order valence-corrected chi connectivity index (χ0v) is 18.7. The maximum atomic E-state index is 15.0. The summed E-state index contributed by atoms with van der Waals surface area (Å²) in [4.78, 5) is 12.9. The molecule has 32 heavy (non-hydrogen) atoms. The molecule has 1 aliphatic carbocycles. The van der Waals surface area contributed by atoms with E-state index in [1.807, 2.05) is 20.2 Å². The van der Waals surface area contributed by atoms with Gasteiger partial charge in [-0.3, -0.25) is 4.72 Å². The Hall–Kier alpha value is -3.27. The number of nitrogens with two attached hydrogens (primary N) is 1. The fraction of sp³-hybridized carbons (Fsp3) is 0.318. The van der Waals surface area contributed by atoms with Crippen LogP contribution in [0.25, 0.3) is 22.2 Å². The van der Waals surface area contributed by atoms with Crippen LogP contribution in [-0.4, -0.2) is 28.3 Å². The molecule has 0 spiro atoms. The van der Waals surface area contributed by atoms with E-state index in [0.717, 1.165) is 35.3 Å². The molecule has 166 valence electrons. The smallest absolute Gasteiger partial charge is 0.171 e. The number of rotatable bonds is 5. The lowest BCUT2D eigenvalue weighted by molar-refractivity contribution is 0.532. The number of hydrogen-bond acceptors (Lipinski definition) is 5. The highest BCUT2D eigenvalue weighted by Gasteiger charge is 2.23. The van der Waals surface area contributed by atoms with Crippen LogP contribution in [-0.2, 0) is 18.0 Å². The van der Waals surface area contributed by atoms with Crippen LogP contribution in [0, 0.1) is 12.7 Å². The standard InChI is InChI=1S/C22H24FN7OS/c1-13-27-19(11-29(13)2)32(31)28-18-8-7-14(9-17(18)23)16-10-30(15-5-3-4-6-15)22-20(16)21(24)25-12-26-22/h7-12,15,28H,3-6H2,1-2H3,(H2,24,25,26). The second-order valence-electron chi connectivity index (χ2n) is 8.15. The summed E-state index contributed by atoms with van der Waals surface area (Å²) < 4.78 is 34.2. The molecule has 1 unspecified atom stereocenters. The fourth-order valence-electron chi connectivity index (χ4n) is 4.32. The highest BCUT2D eigenvalue weighted by Crippen LogP contribution is 2.39. The van der Waals surface area contributed by atoms with Gasteiger partial charge in [0.15, 0.2) is 16.0 Å². The normalized spacial score (nSPS) is 15.5. The first kappa shape index (κ1) is 20.6. The lowest BCUT2D eigenvalue weighted by Gasteiger charge is -2.12. The Balaban J connectivity index is 1.51. The Bertz CT molecular complexity index is 1320. The van der Waals surface area contributed by atoms with E-state index >= 15 is 4.39 Å². The number of benzene rings is 1. The zero-order valence-electron chi connectivity index (χ0n) is 17.9. The number of halogens is 1. The predicted octanol–water partition coefficient (Wildman–Crippen LogP) is 4.11. The van der Waals surface area contributed by atoms with Crippen molar-refractivity contribution in [3.8, 4) is 11.1 Å². The Morgan fingerprint density at radius 3 is 2.69 bits per heavy atom. The Labute approximate surface area is 187 Å². The maximum Gasteiger partial charge on any atom is 0.171 e. The van der Waals surface area contributed by atoms with Crippen LogP contribution in [0.3, 0.4) is 0 Å². The van der Waals surface area contributed by atoms with Gasteiger partial charge in [0.2, 0.25) is 0 Å². The van der Waals surface area contributed by atoms with E-state index in [1.165, 1.54) is 25.2 Å². The van der Waals surface area contributed by atoms with Crippen molar-refractivity contribution >= 4 is 33.5 Å². The van der Waals surface area contributed by atoms with Crippen molar-refractivity contribution in [1.29, 1.82) is 0 Å². The minimum atomic E-state index is -1.67. The third-order valence-corrected chi connectivity index (χ3v) is 7.10. The van der Waals surface area contributed by atoms with Gasteiger partial charge in [-0.05, 0) is 37.5 Å². The molecule has 1 saturated carbocycles. The molecule has 1 aliphatic rings. The van der Waals surface area contributed by atoms with Crippen LogP contribution < -0.4 is 10.5 Å². The fourth-order valence-corrected chi connectivity index (χ4v) is 5.26. The van der Waals surface area contributed by atoms with E-state index in [1.54, 1.807) is 22.9 Å². The highest BCUT2D eigenvalue weighted by atomic mass is 32.2. The second-order valence-corrected chi connectivity index (χ2v) is 9.31. The highest BCUT2D eigenvalue weighted by molar-refractivity contribution is 7.86. The third kappa shape index (κ3) is 3.54. The van der Waals surface area contributed by atoms with Crippen molar-refractivity contribution in [3.05, 3.63) is 48.6 Å². The molecule has 3 heterocycles. The first-order valence-corrected chi connectivity index (χ1v) is 11.7. The van der Waals surface area contributed by atoms with Gasteiger partial charge >= 0.3 is 0 Å². The number of nitrogen functional groups attached to an aromatic ring is 1. The molecule has 0 aliphatic heterocycles. The molecule has 5 rings (SSSR count). The molecular formula is C22H24FN7OS. The molecule has 10 heteroatoms. The molecule has 1 aromatic carbocycles. The Morgan fingerprint density at radius 1 is 1.22 bits per heavy atom. The summed E-state index contributed by atoms with van der Waals surface area (Å²) in [6.45, 7) is 1.81. The number of imidazole rings is 1. The summed E-state index contributed by atoms with van der Waals surface area (Å²) in [5.74, 6) is 0.584. The molecule has 0 radical (unpaired) electrons. The largest absolute Gasteiger partial charge is 0.383 e. The van der Waals surface area contributed by atoms with Crippen LogP contribution in [0.15, 0.2) is 41.9 Å². The summed E-state index contributed by atoms with van der Waals surface area (Å²) in [7, 11) is 0.140. The third-order valence-electron chi connectivity index (χ3n) is 6.12. The number of aryl methyl sites for hydroxylation is 2. The molecule has 3 aromatic heterocycles. The molecule has 0 bridgehead atoms. The summed E-state index contributed by atoms with van der Waals surface area (Å²) in [5.41, 5.74) is 8.56. The molecule has 4 aromatic rings. The van der Waals surface area contributed by atoms with Gasteiger partial charge in [-0.1, -0.05) is 18.9 Å². The van der Waals surface area contributed by atoms with Gasteiger partial charge in [0.25, 0.3) is 0 Å². The monoisotopic (exact) mass is 453 g/mol. The quantitative estimate of drug-likeness (QED) is 0.473. The molecule has 3 N–H and O–H groups in total.